The highest BCUT2D eigenvalue weighted by atomic mass is 32.2. The third-order valence-electron chi connectivity index (χ3n) is 5.05. The van der Waals surface area contributed by atoms with Crippen LogP contribution in [0.1, 0.15) is 17.5 Å². The van der Waals surface area contributed by atoms with E-state index in [9.17, 15) is 9.59 Å². The van der Waals surface area contributed by atoms with Crippen LogP contribution in [0.25, 0.3) is 0 Å². The quantitative estimate of drug-likeness (QED) is 0.566. The summed E-state index contributed by atoms with van der Waals surface area (Å²) in [5.41, 5.74) is 14.9. The van der Waals surface area contributed by atoms with Crippen LogP contribution in [0, 0.1) is 0 Å². The summed E-state index contributed by atoms with van der Waals surface area (Å²) in [7, 11) is 0. The van der Waals surface area contributed by atoms with Gasteiger partial charge in [0, 0.05) is 53.8 Å². The Hall–Kier alpha value is -3.20. The number of nitrogen functional groups attached to an aromatic ring is 1. The van der Waals surface area contributed by atoms with Crippen molar-refractivity contribution in [1.82, 2.24) is 20.5 Å². The minimum atomic E-state index is -1.15. The lowest BCUT2D eigenvalue weighted by Crippen LogP contribution is -2.47. The number of nitrogens with one attached hydrogen (secondary N) is 2. The number of nitrogens with zero attached hydrogens (tertiary/aromatic N) is 2. The van der Waals surface area contributed by atoms with Gasteiger partial charge in [0.2, 0.25) is 0 Å². The van der Waals surface area contributed by atoms with E-state index in [0.29, 0.717) is 37.3 Å². The van der Waals surface area contributed by atoms with Crippen LogP contribution in [0.2, 0.25) is 0 Å². The average Bonchev–Trinajstić information content (AvgIpc) is 3.13. The van der Waals surface area contributed by atoms with Gasteiger partial charge in [-0.1, -0.05) is 36.0 Å². The van der Waals surface area contributed by atoms with Crippen LogP contribution in [0.15, 0.2) is 59.4 Å². The molecule has 0 spiro atoms. The molecule has 0 saturated carbocycles. The van der Waals surface area contributed by atoms with Crippen LogP contribution < -0.4 is 22.1 Å². The fourth-order valence-corrected chi connectivity index (χ4v) is 4.97. The highest BCUT2D eigenvalue weighted by Gasteiger charge is 2.48. The Balaban J connectivity index is 1.47. The zero-order valence-corrected chi connectivity index (χ0v) is 16.5. The van der Waals surface area contributed by atoms with Gasteiger partial charge in [-0.15, -0.1) is 0 Å². The number of aromatic nitrogens is 1. The molecule has 29 heavy (non-hydrogen) atoms. The van der Waals surface area contributed by atoms with Crippen molar-refractivity contribution in [3.05, 3.63) is 70.5 Å². The van der Waals surface area contributed by atoms with Crippen molar-refractivity contribution in [2.24, 2.45) is 5.73 Å². The summed E-state index contributed by atoms with van der Waals surface area (Å²) in [4.78, 5) is 30.6. The standard InChI is InChI=1S/C20H22N6O2S/c21-15-6-2-1-5-14(15)20(18(22)27)25-16-7-9-26(12-17(16)29-20)19(28)24-11-13-4-3-8-23-10-13/h1-6,8,10,25H,7,9,11-12,21H2,(H2,22,27)(H,24,28). The number of nitrogens with two attached hydrogens (primary N) is 2. The molecule has 2 aliphatic heterocycles. The van der Waals surface area contributed by atoms with Gasteiger partial charge in [-0.2, -0.15) is 0 Å². The number of urea groups is 1. The van der Waals surface area contributed by atoms with Crippen LogP contribution >= 0.6 is 11.8 Å². The fraction of sp³-hybridized carbons (Fsp3) is 0.250. The maximum absolute atomic E-state index is 12.6. The summed E-state index contributed by atoms with van der Waals surface area (Å²) in [6, 6.07) is 10.8. The van der Waals surface area contributed by atoms with Crippen molar-refractivity contribution in [3.63, 3.8) is 0 Å². The molecule has 3 amide bonds. The van der Waals surface area contributed by atoms with Crippen molar-refractivity contribution < 1.29 is 9.59 Å². The Morgan fingerprint density at radius 1 is 1.28 bits per heavy atom. The highest BCUT2D eigenvalue weighted by molar-refractivity contribution is 8.05. The molecular weight excluding hydrogens is 388 g/mol. The first-order valence-electron chi connectivity index (χ1n) is 9.25. The lowest BCUT2D eigenvalue weighted by atomic mass is 10.0. The number of benzene rings is 1. The molecule has 1 unspecified atom stereocenters. The molecule has 0 aliphatic carbocycles. The number of rotatable bonds is 4. The minimum Gasteiger partial charge on any atom is -0.398 e. The monoisotopic (exact) mass is 410 g/mol. The molecule has 2 aromatic rings. The molecule has 8 nitrogen and oxygen atoms in total. The second kappa shape index (κ2) is 7.67. The van der Waals surface area contributed by atoms with Gasteiger partial charge in [0.1, 0.15) is 0 Å². The van der Waals surface area contributed by atoms with Crippen LogP contribution in [0.4, 0.5) is 10.5 Å². The molecule has 1 aromatic carbocycles. The minimum absolute atomic E-state index is 0.156. The third kappa shape index (κ3) is 3.61. The second-order valence-electron chi connectivity index (χ2n) is 6.95. The molecule has 6 N–H and O–H groups in total. The molecule has 0 bridgehead atoms. The van der Waals surface area contributed by atoms with Gasteiger partial charge in [-0.25, -0.2) is 4.79 Å². The van der Waals surface area contributed by atoms with E-state index < -0.39 is 10.8 Å². The number of amides is 3. The van der Waals surface area contributed by atoms with Gasteiger partial charge in [-0.05, 0) is 17.7 Å². The van der Waals surface area contributed by atoms with Crippen LogP contribution in [-0.4, -0.2) is 34.9 Å². The first-order valence-corrected chi connectivity index (χ1v) is 10.1. The maximum atomic E-state index is 12.6. The molecule has 0 fully saturated rings. The van der Waals surface area contributed by atoms with Crippen molar-refractivity contribution in [3.8, 4) is 0 Å². The van der Waals surface area contributed by atoms with Crippen LogP contribution in [-0.2, 0) is 16.2 Å². The van der Waals surface area contributed by atoms with Gasteiger partial charge in [0.25, 0.3) is 5.91 Å². The zero-order valence-electron chi connectivity index (χ0n) is 15.7. The highest BCUT2D eigenvalue weighted by Crippen LogP contribution is 2.49. The first kappa shape index (κ1) is 19.1. The number of hydrogen-bond acceptors (Lipinski definition) is 6. The van der Waals surface area contributed by atoms with E-state index in [2.05, 4.69) is 15.6 Å². The molecule has 2 aliphatic rings. The number of thioether (sulfide) groups is 1. The molecule has 9 heteroatoms. The van der Waals surface area contributed by atoms with Gasteiger partial charge in [0.15, 0.2) is 4.87 Å². The van der Waals surface area contributed by atoms with E-state index in [1.807, 2.05) is 24.3 Å². The summed E-state index contributed by atoms with van der Waals surface area (Å²) in [5.74, 6) is -0.512. The summed E-state index contributed by atoms with van der Waals surface area (Å²) >= 11 is 1.34. The Labute approximate surface area is 172 Å². The molecular formula is C20H22N6O2S. The smallest absolute Gasteiger partial charge is 0.317 e. The Morgan fingerprint density at radius 3 is 2.83 bits per heavy atom. The molecule has 1 atom stereocenters. The molecule has 3 heterocycles. The molecule has 1 aromatic heterocycles. The SMILES string of the molecule is NC(=O)C1(c2ccccc2N)NC2=C(CN(C(=O)NCc3cccnc3)CC2)S1. The number of hydrogen-bond donors (Lipinski definition) is 4. The van der Waals surface area contributed by atoms with Crippen LogP contribution in [0.5, 0.6) is 0 Å². The van der Waals surface area contributed by atoms with Gasteiger partial charge < -0.3 is 27.0 Å². The van der Waals surface area contributed by atoms with Gasteiger partial charge in [0.05, 0.1) is 6.54 Å². The van der Waals surface area contributed by atoms with E-state index in [1.54, 1.807) is 29.4 Å². The molecule has 0 saturated heterocycles. The second-order valence-corrected chi connectivity index (χ2v) is 8.26. The Morgan fingerprint density at radius 2 is 2.10 bits per heavy atom. The number of pyridine rings is 1. The fourth-order valence-electron chi connectivity index (χ4n) is 3.53. The molecule has 0 radical (unpaired) electrons. The number of primary amides is 1. The maximum Gasteiger partial charge on any atom is 0.317 e. The number of carbonyl (C=O) groups excluding carboxylic acids is 2. The summed E-state index contributed by atoms with van der Waals surface area (Å²) < 4.78 is 0. The lowest BCUT2D eigenvalue weighted by molar-refractivity contribution is -0.121. The third-order valence-corrected chi connectivity index (χ3v) is 6.50. The van der Waals surface area contributed by atoms with E-state index in [0.717, 1.165) is 16.2 Å². The van der Waals surface area contributed by atoms with Gasteiger partial charge >= 0.3 is 6.03 Å². The van der Waals surface area contributed by atoms with Crippen molar-refractivity contribution in [1.29, 1.82) is 0 Å². The molecule has 150 valence electrons. The normalized spacial score (nSPS) is 20.8. The lowest BCUT2D eigenvalue weighted by Gasteiger charge is -2.28. The number of carbonyl (C=O) groups is 2. The Bertz CT molecular complexity index is 980. The van der Waals surface area contributed by atoms with Crippen molar-refractivity contribution >= 4 is 29.4 Å². The largest absolute Gasteiger partial charge is 0.398 e. The molecule has 4 rings (SSSR count). The van der Waals surface area contributed by atoms with Crippen molar-refractivity contribution in [2.45, 2.75) is 17.8 Å². The van der Waals surface area contributed by atoms with E-state index in [1.165, 1.54) is 11.8 Å². The number of para-hydroxylation sites is 1. The zero-order chi connectivity index (χ0) is 20.4. The summed E-state index contributed by atoms with van der Waals surface area (Å²) in [6.07, 6.45) is 4.03. The van der Waals surface area contributed by atoms with Gasteiger partial charge in [-0.3, -0.25) is 9.78 Å². The van der Waals surface area contributed by atoms with Crippen molar-refractivity contribution in [2.75, 3.05) is 18.8 Å². The summed E-state index contributed by atoms with van der Waals surface area (Å²) in [5, 5.41) is 6.22. The van der Waals surface area contributed by atoms with Crippen LogP contribution in [0.3, 0.4) is 0 Å². The van der Waals surface area contributed by atoms with E-state index >= 15 is 0 Å². The van der Waals surface area contributed by atoms with E-state index in [-0.39, 0.29) is 6.03 Å². The topological polar surface area (TPSA) is 126 Å². The Kier molecular flexibility index (Phi) is 5.06. The predicted octanol–water partition coefficient (Wildman–Crippen LogP) is 1.47. The first-order chi connectivity index (χ1) is 14.0. The average molecular weight is 411 g/mol. The predicted molar refractivity (Wildman–Crippen MR) is 112 cm³/mol. The number of anilines is 1. The van der Waals surface area contributed by atoms with E-state index in [4.69, 9.17) is 11.5 Å². The summed E-state index contributed by atoms with van der Waals surface area (Å²) in [6.45, 7) is 1.37.